The van der Waals surface area contributed by atoms with Crippen LogP contribution in [0.2, 0.25) is 5.02 Å². The van der Waals surface area contributed by atoms with Gasteiger partial charge in [-0.3, -0.25) is 4.79 Å². The third-order valence-electron chi connectivity index (χ3n) is 2.89. The topological polar surface area (TPSA) is 66.9 Å². The van der Waals surface area contributed by atoms with E-state index < -0.39 is 0 Å². The van der Waals surface area contributed by atoms with Crippen LogP contribution in [0.25, 0.3) is 11.4 Å². The van der Waals surface area contributed by atoms with Gasteiger partial charge in [-0.25, -0.2) is 9.97 Å². The Kier molecular flexibility index (Phi) is 5.11. The average Bonchev–Trinajstić information content (AvgIpc) is 2.47. The van der Waals surface area contributed by atoms with Crippen molar-refractivity contribution in [2.45, 2.75) is 13.8 Å². The highest BCUT2D eigenvalue weighted by atomic mass is 35.5. The lowest BCUT2D eigenvalue weighted by Gasteiger charge is -2.09. The van der Waals surface area contributed by atoms with E-state index in [2.05, 4.69) is 20.6 Å². The molecule has 0 fully saturated rings. The summed E-state index contributed by atoms with van der Waals surface area (Å²) in [5, 5.41) is 6.51. The van der Waals surface area contributed by atoms with Crippen molar-refractivity contribution in [2.24, 2.45) is 0 Å². The molecule has 0 bridgehead atoms. The van der Waals surface area contributed by atoms with E-state index in [0.717, 1.165) is 11.1 Å². The minimum absolute atomic E-state index is 0.0493. The summed E-state index contributed by atoms with van der Waals surface area (Å²) < 4.78 is 0. The van der Waals surface area contributed by atoms with E-state index >= 15 is 0 Å². The largest absolute Gasteiger partial charge is 0.368 e. The van der Waals surface area contributed by atoms with Crippen LogP contribution in [0.3, 0.4) is 0 Å². The summed E-state index contributed by atoms with van der Waals surface area (Å²) in [6, 6.07) is 7.55. The van der Waals surface area contributed by atoms with Gasteiger partial charge in [0.1, 0.15) is 5.82 Å². The number of nitrogens with one attached hydrogen (secondary N) is 2. The molecule has 2 aromatic rings. The monoisotopic (exact) mass is 304 g/mol. The van der Waals surface area contributed by atoms with Crippen molar-refractivity contribution in [3.8, 4) is 11.4 Å². The SMILES string of the molecule is CC(=O)NCCNc1ccnc(-c2cccc(C)c2Cl)n1. The number of hydrogen-bond donors (Lipinski definition) is 2. The number of aromatic nitrogens is 2. The first-order chi connectivity index (χ1) is 10.1. The van der Waals surface area contributed by atoms with Gasteiger partial charge in [0.15, 0.2) is 5.82 Å². The molecule has 2 rings (SSSR count). The van der Waals surface area contributed by atoms with Crippen LogP contribution in [0.1, 0.15) is 12.5 Å². The smallest absolute Gasteiger partial charge is 0.216 e. The Balaban J connectivity index is 2.10. The van der Waals surface area contributed by atoms with E-state index in [9.17, 15) is 4.79 Å². The van der Waals surface area contributed by atoms with E-state index in [-0.39, 0.29) is 5.91 Å². The number of carbonyl (C=O) groups is 1. The number of halogens is 1. The zero-order valence-electron chi connectivity index (χ0n) is 12.0. The van der Waals surface area contributed by atoms with Gasteiger partial charge in [-0.2, -0.15) is 0 Å². The maximum atomic E-state index is 10.8. The van der Waals surface area contributed by atoms with Crippen molar-refractivity contribution < 1.29 is 4.79 Å². The number of amides is 1. The van der Waals surface area contributed by atoms with Crippen molar-refractivity contribution in [1.29, 1.82) is 0 Å². The van der Waals surface area contributed by atoms with Crippen LogP contribution in [0.15, 0.2) is 30.5 Å². The normalized spacial score (nSPS) is 10.2. The summed E-state index contributed by atoms with van der Waals surface area (Å²) in [5.41, 5.74) is 1.80. The Morgan fingerprint density at radius 3 is 2.86 bits per heavy atom. The number of benzene rings is 1. The van der Waals surface area contributed by atoms with Crippen LogP contribution in [-0.4, -0.2) is 29.0 Å². The number of anilines is 1. The van der Waals surface area contributed by atoms with Crippen molar-refractivity contribution in [3.05, 3.63) is 41.0 Å². The Labute approximate surface area is 128 Å². The average molecular weight is 305 g/mol. The molecule has 1 aromatic heterocycles. The molecule has 0 saturated carbocycles. The summed E-state index contributed by atoms with van der Waals surface area (Å²) in [5.74, 6) is 1.22. The lowest BCUT2D eigenvalue weighted by Crippen LogP contribution is -2.26. The number of rotatable bonds is 5. The second kappa shape index (κ2) is 7.04. The molecule has 0 aliphatic carbocycles. The molecule has 0 radical (unpaired) electrons. The van der Waals surface area contributed by atoms with Gasteiger partial charge < -0.3 is 10.6 Å². The van der Waals surface area contributed by atoms with E-state index in [1.807, 2.05) is 25.1 Å². The molecule has 21 heavy (non-hydrogen) atoms. The molecule has 0 aliphatic rings. The van der Waals surface area contributed by atoms with Crippen molar-refractivity contribution in [1.82, 2.24) is 15.3 Å². The summed E-state index contributed by atoms with van der Waals surface area (Å²) in [4.78, 5) is 19.5. The lowest BCUT2D eigenvalue weighted by atomic mass is 10.1. The van der Waals surface area contributed by atoms with E-state index in [1.165, 1.54) is 6.92 Å². The molecule has 0 saturated heterocycles. The second-order valence-electron chi connectivity index (χ2n) is 4.61. The van der Waals surface area contributed by atoms with Crippen molar-refractivity contribution in [2.75, 3.05) is 18.4 Å². The van der Waals surface area contributed by atoms with Gasteiger partial charge >= 0.3 is 0 Å². The fraction of sp³-hybridized carbons (Fsp3) is 0.267. The molecule has 1 aromatic carbocycles. The number of nitrogens with zero attached hydrogens (tertiary/aromatic N) is 2. The van der Waals surface area contributed by atoms with Crippen LogP contribution < -0.4 is 10.6 Å². The molecular weight excluding hydrogens is 288 g/mol. The zero-order chi connectivity index (χ0) is 15.2. The van der Waals surface area contributed by atoms with E-state index in [1.54, 1.807) is 12.3 Å². The highest BCUT2D eigenvalue weighted by Crippen LogP contribution is 2.28. The maximum Gasteiger partial charge on any atom is 0.216 e. The minimum Gasteiger partial charge on any atom is -0.368 e. The van der Waals surface area contributed by atoms with E-state index in [0.29, 0.717) is 29.8 Å². The fourth-order valence-electron chi connectivity index (χ4n) is 1.84. The summed E-state index contributed by atoms with van der Waals surface area (Å²) in [7, 11) is 0. The van der Waals surface area contributed by atoms with Crippen LogP contribution in [0, 0.1) is 6.92 Å². The molecule has 1 heterocycles. The van der Waals surface area contributed by atoms with Crippen LogP contribution in [0.4, 0.5) is 5.82 Å². The quantitative estimate of drug-likeness (QED) is 0.833. The minimum atomic E-state index is -0.0493. The van der Waals surface area contributed by atoms with Gasteiger partial charge in [-0.05, 0) is 24.6 Å². The predicted molar refractivity (Wildman–Crippen MR) is 84.4 cm³/mol. The predicted octanol–water partition coefficient (Wildman–Crippen LogP) is 2.65. The van der Waals surface area contributed by atoms with Gasteiger partial charge in [0.05, 0.1) is 5.02 Å². The molecular formula is C15H17ClN4O. The first-order valence-corrected chi connectivity index (χ1v) is 7.02. The van der Waals surface area contributed by atoms with Gasteiger partial charge in [-0.1, -0.05) is 23.7 Å². The third-order valence-corrected chi connectivity index (χ3v) is 3.40. The lowest BCUT2D eigenvalue weighted by molar-refractivity contribution is -0.118. The van der Waals surface area contributed by atoms with Gasteiger partial charge in [0, 0.05) is 31.8 Å². The first-order valence-electron chi connectivity index (χ1n) is 6.65. The number of hydrogen-bond acceptors (Lipinski definition) is 4. The third kappa shape index (κ3) is 4.16. The molecule has 0 atom stereocenters. The van der Waals surface area contributed by atoms with E-state index in [4.69, 9.17) is 11.6 Å². The highest BCUT2D eigenvalue weighted by molar-refractivity contribution is 6.33. The summed E-state index contributed by atoms with van der Waals surface area (Å²) >= 11 is 6.29. The van der Waals surface area contributed by atoms with Gasteiger partial charge in [0.25, 0.3) is 0 Å². The molecule has 5 nitrogen and oxygen atoms in total. The van der Waals surface area contributed by atoms with Crippen LogP contribution >= 0.6 is 11.6 Å². The molecule has 110 valence electrons. The molecule has 0 aliphatic heterocycles. The standard InChI is InChI=1S/C15H17ClN4O/c1-10-4-3-5-12(14(10)16)15-19-7-6-13(20-15)18-9-8-17-11(2)21/h3-7H,8-9H2,1-2H3,(H,17,21)(H,18,19,20). The second-order valence-corrected chi connectivity index (χ2v) is 4.99. The molecule has 0 spiro atoms. The van der Waals surface area contributed by atoms with Crippen LogP contribution in [0.5, 0.6) is 0 Å². The fourth-order valence-corrected chi connectivity index (χ4v) is 2.05. The summed E-state index contributed by atoms with van der Waals surface area (Å²) in [6.45, 7) is 4.57. The number of aryl methyl sites for hydroxylation is 1. The Morgan fingerprint density at radius 1 is 1.29 bits per heavy atom. The first kappa shape index (κ1) is 15.3. The van der Waals surface area contributed by atoms with Gasteiger partial charge in [0.2, 0.25) is 5.91 Å². The Bertz CT molecular complexity index is 645. The molecule has 1 amide bonds. The molecule has 6 heteroatoms. The Morgan fingerprint density at radius 2 is 2.10 bits per heavy atom. The van der Waals surface area contributed by atoms with Crippen LogP contribution in [-0.2, 0) is 4.79 Å². The van der Waals surface area contributed by atoms with Crippen molar-refractivity contribution in [3.63, 3.8) is 0 Å². The number of carbonyl (C=O) groups excluding carboxylic acids is 1. The zero-order valence-corrected chi connectivity index (χ0v) is 12.7. The summed E-state index contributed by atoms with van der Waals surface area (Å²) in [6.07, 6.45) is 1.68. The van der Waals surface area contributed by atoms with Gasteiger partial charge in [-0.15, -0.1) is 0 Å². The molecule has 0 unspecified atom stereocenters. The highest BCUT2D eigenvalue weighted by Gasteiger charge is 2.08. The maximum absolute atomic E-state index is 10.8. The van der Waals surface area contributed by atoms with Crippen molar-refractivity contribution >= 4 is 23.3 Å². The Hall–Kier alpha value is -2.14. The molecule has 2 N–H and O–H groups in total.